The summed E-state index contributed by atoms with van der Waals surface area (Å²) in [6.07, 6.45) is 1.03. The number of nitrogens with zero attached hydrogens (tertiary/aromatic N) is 1. The van der Waals surface area contributed by atoms with Crippen LogP contribution in [0.2, 0.25) is 5.02 Å². The first-order valence-electron chi connectivity index (χ1n) is 7.09. The zero-order chi connectivity index (χ0) is 15.2. The minimum atomic E-state index is -0.307. The second-order valence-electron chi connectivity index (χ2n) is 5.15. The number of hydrogen-bond acceptors (Lipinski definition) is 2. The molecule has 0 radical (unpaired) electrons. The fourth-order valence-electron chi connectivity index (χ4n) is 2.34. The molecule has 0 aliphatic carbocycles. The van der Waals surface area contributed by atoms with E-state index in [1.807, 2.05) is 24.3 Å². The van der Waals surface area contributed by atoms with Gasteiger partial charge in [-0.3, -0.25) is 4.90 Å². The minimum Gasteiger partial charge on any atom is -0.398 e. The Balaban J connectivity index is 2.14. The first-order valence-corrected chi connectivity index (χ1v) is 7.47. The summed E-state index contributed by atoms with van der Waals surface area (Å²) in [6.45, 7) is 4.51. The zero-order valence-electron chi connectivity index (χ0n) is 12.2. The summed E-state index contributed by atoms with van der Waals surface area (Å²) >= 11 is 6.12. The van der Waals surface area contributed by atoms with Gasteiger partial charge in [0.1, 0.15) is 5.82 Å². The third-order valence-corrected chi connectivity index (χ3v) is 3.75. The van der Waals surface area contributed by atoms with Gasteiger partial charge in [0, 0.05) is 23.8 Å². The lowest BCUT2D eigenvalue weighted by atomic mass is 10.1. The summed E-state index contributed by atoms with van der Waals surface area (Å²) in [6, 6.07) is 12.4. The number of halogens is 2. The Bertz CT molecular complexity index is 601. The van der Waals surface area contributed by atoms with E-state index in [9.17, 15) is 4.39 Å². The van der Waals surface area contributed by atoms with Crippen molar-refractivity contribution in [2.75, 3.05) is 12.3 Å². The van der Waals surface area contributed by atoms with E-state index in [0.29, 0.717) is 11.6 Å². The van der Waals surface area contributed by atoms with Crippen LogP contribution in [0.15, 0.2) is 42.5 Å². The molecule has 2 nitrogen and oxygen atoms in total. The molecule has 0 bridgehead atoms. The molecule has 2 rings (SSSR count). The highest BCUT2D eigenvalue weighted by Gasteiger charge is 2.10. The van der Waals surface area contributed by atoms with Crippen molar-refractivity contribution in [3.05, 3.63) is 64.4 Å². The van der Waals surface area contributed by atoms with Crippen LogP contribution in [-0.4, -0.2) is 11.4 Å². The summed E-state index contributed by atoms with van der Waals surface area (Å²) < 4.78 is 13.1. The maximum atomic E-state index is 13.1. The Morgan fingerprint density at radius 2 is 1.81 bits per heavy atom. The monoisotopic (exact) mass is 306 g/mol. The van der Waals surface area contributed by atoms with E-state index >= 15 is 0 Å². The molecule has 0 amide bonds. The van der Waals surface area contributed by atoms with Gasteiger partial charge in [-0.1, -0.05) is 42.8 Å². The normalized spacial score (nSPS) is 11.0. The summed E-state index contributed by atoms with van der Waals surface area (Å²) in [5, 5.41) is 0.470. The van der Waals surface area contributed by atoms with Crippen LogP contribution in [0.25, 0.3) is 0 Å². The summed E-state index contributed by atoms with van der Waals surface area (Å²) in [7, 11) is 0. The first-order chi connectivity index (χ1) is 10.1. The van der Waals surface area contributed by atoms with Crippen molar-refractivity contribution in [3.63, 3.8) is 0 Å². The topological polar surface area (TPSA) is 29.3 Å². The molecule has 0 heterocycles. The fraction of sp³-hybridized carbons (Fsp3) is 0.294. The van der Waals surface area contributed by atoms with Gasteiger partial charge in [0.15, 0.2) is 0 Å². The highest BCUT2D eigenvalue weighted by molar-refractivity contribution is 6.31. The van der Waals surface area contributed by atoms with E-state index in [1.165, 1.54) is 12.1 Å². The molecule has 4 heteroatoms. The van der Waals surface area contributed by atoms with Crippen molar-refractivity contribution in [2.45, 2.75) is 26.4 Å². The van der Waals surface area contributed by atoms with Crippen LogP contribution >= 0.6 is 11.6 Å². The lowest BCUT2D eigenvalue weighted by Crippen LogP contribution is -2.24. The summed E-state index contributed by atoms with van der Waals surface area (Å²) in [4.78, 5) is 2.27. The Kier molecular flexibility index (Phi) is 5.59. The van der Waals surface area contributed by atoms with Crippen LogP contribution in [0.1, 0.15) is 24.5 Å². The fourth-order valence-corrected chi connectivity index (χ4v) is 2.57. The molecular formula is C17H20ClFN2. The van der Waals surface area contributed by atoms with Gasteiger partial charge in [-0.25, -0.2) is 4.39 Å². The van der Waals surface area contributed by atoms with Gasteiger partial charge in [-0.2, -0.15) is 0 Å². The molecule has 2 aromatic rings. The Hall–Kier alpha value is -1.58. The van der Waals surface area contributed by atoms with Gasteiger partial charge in [0.2, 0.25) is 0 Å². The van der Waals surface area contributed by atoms with Crippen molar-refractivity contribution < 1.29 is 4.39 Å². The van der Waals surface area contributed by atoms with Crippen molar-refractivity contribution in [2.24, 2.45) is 0 Å². The molecule has 0 saturated heterocycles. The summed E-state index contributed by atoms with van der Waals surface area (Å²) in [5.41, 5.74) is 8.83. The minimum absolute atomic E-state index is 0.307. The number of anilines is 1. The van der Waals surface area contributed by atoms with Gasteiger partial charge in [-0.15, -0.1) is 0 Å². The Morgan fingerprint density at radius 1 is 1.10 bits per heavy atom. The number of rotatable bonds is 6. The maximum absolute atomic E-state index is 13.1. The largest absolute Gasteiger partial charge is 0.398 e. The zero-order valence-corrected chi connectivity index (χ0v) is 12.9. The van der Waals surface area contributed by atoms with Crippen molar-refractivity contribution >= 4 is 17.3 Å². The summed E-state index contributed by atoms with van der Waals surface area (Å²) in [5.74, 6) is -0.307. The van der Waals surface area contributed by atoms with Crippen LogP contribution in [-0.2, 0) is 13.1 Å². The van der Waals surface area contributed by atoms with E-state index in [2.05, 4.69) is 11.8 Å². The molecule has 0 fully saturated rings. The molecular weight excluding hydrogens is 287 g/mol. The van der Waals surface area contributed by atoms with Gasteiger partial charge in [-0.05, 0) is 42.3 Å². The van der Waals surface area contributed by atoms with Crippen LogP contribution < -0.4 is 5.73 Å². The number of nitrogens with two attached hydrogens (primary N) is 1. The third kappa shape index (κ3) is 4.45. The second kappa shape index (κ2) is 7.43. The second-order valence-corrected chi connectivity index (χ2v) is 5.55. The molecule has 2 aromatic carbocycles. The van der Waals surface area contributed by atoms with Crippen LogP contribution in [0.3, 0.4) is 0 Å². The molecule has 0 saturated carbocycles. The number of benzene rings is 2. The highest BCUT2D eigenvalue weighted by atomic mass is 35.5. The lowest BCUT2D eigenvalue weighted by molar-refractivity contribution is 0.257. The van der Waals surface area contributed by atoms with Gasteiger partial charge in [0.05, 0.1) is 0 Å². The predicted molar refractivity (Wildman–Crippen MR) is 86.7 cm³/mol. The van der Waals surface area contributed by atoms with Crippen LogP contribution in [0, 0.1) is 5.82 Å². The molecule has 0 spiro atoms. The molecule has 0 aliphatic rings. The smallest absolute Gasteiger partial charge is 0.124 e. The van der Waals surface area contributed by atoms with E-state index in [-0.39, 0.29) is 5.82 Å². The molecule has 0 aliphatic heterocycles. The van der Waals surface area contributed by atoms with E-state index < -0.39 is 0 Å². The van der Waals surface area contributed by atoms with E-state index in [0.717, 1.165) is 36.3 Å². The predicted octanol–water partition coefficient (Wildman–Crippen LogP) is 4.47. The number of para-hydroxylation sites is 1. The van der Waals surface area contributed by atoms with Gasteiger partial charge in [0.25, 0.3) is 0 Å². The third-order valence-electron chi connectivity index (χ3n) is 3.40. The molecule has 112 valence electrons. The Labute approximate surface area is 130 Å². The highest BCUT2D eigenvalue weighted by Crippen LogP contribution is 2.21. The van der Waals surface area contributed by atoms with Crippen molar-refractivity contribution in [1.29, 1.82) is 0 Å². The first kappa shape index (κ1) is 15.8. The van der Waals surface area contributed by atoms with Gasteiger partial charge < -0.3 is 5.73 Å². The molecule has 0 aromatic heterocycles. The van der Waals surface area contributed by atoms with Crippen LogP contribution in [0.4, 0.5) is 10.1 Å². The lowest BCUT2D eigenvalue weighted by Gasteiger charge is -2.23. The average molecular weight is 307 g/mol. The van der Waals surface area contributed by atoms with Crippen LogP contribution in [0.5, 0.6) is 0 Å². The standard InChI is InChI=1S/C17H20ClFN2/c1-2-9-21(12-14-5-3-4-6-17(14)20)11-13-7-8-15(19)10-16(13)18/h3-8,10H,2,9,11-12,20H2,1H3. The number of nitrogen functional groups attached to an aromatic ring is 1. The quantitative estimate of drug-likeness (QED) is 0.798. The molecule has 0 unspecified atom stereocenters. The maximum Gasteiger partial charge on any atom is 0.124 e. The van der Waals surface area contributed by atoms with E-state index in [4.69, 9.17) is 17.3 Å². The van der Waals surface area contributed by atoms with Crippen molar-refractivity contribution in [3.8, 4) is 0 Å². The molecule has 21 heavy (non-hydrogen) atoms. The molecule has 2 N–H and O–H groups in total. The average Bonchev–Trinajstić information content (AvgIpc) is 2.44. The SMILES string of the molecule is CCCN(Cc1ccccc1N)Cc1ccc(F)cc1Cl. The van der Waals surface area contributed by atoms with Crippen molar-refractivity contribution in [1.82, 2.24) is 4.90 Å². The molecule has 0 atom stereocenters. The van der Waals surface area contributed by atoms with Gasteiger partial charge >= 0.3 is 0 Å². The van der Waals surface area contributed by atoms with E-state index in [1.54, 1.807) is 6.07 Å². The number of hydrogen-bond donors (Lipinski definition) is 1. The Morgan fingerprint density at radius 3 is 2.48 bits per heavy atom.